The number of carbonyl (C=O) groups excluding carboxylic acids is 1. The van der Waals surface area contributed by atoms with Crippen molar-refractivity contribution in [3.05, 3.63) is 35.2 Å². The van der Waals surface area contributed by atoms with Crippen LogP contribution >= 0.6 is 0 Å². The van der Waals surface area contributed by atoms with Gasteiger partial charge in [0.2, 0.25) is 0 Å². The summed E-state index contributed by atoms with van der Waals surface area (Å²) < 4.78 is 5.15. The van der Waals surface area contributed by atoms with Crippen LogP contribution in [0.3, 0.4) is 0 Å². The quantitative estimate of drug-likeness (QED) is 0.704. The predicted molar refractivity (Wildman–Crippen MR) is 69.7 cm³/mol. The fraction of sp³-hybridized carbons (Fsp3) is 0.533. The largest absolute Gasteiger partial charge is 0.449 e. The van der Waals surface area contributed by atoms with Gasteiger partial charge in [-0.3, -0.25) is 4.90 Å². The second-order valence-electron chi connectivity index (χ2n) is 5.10. The Hall–Kier alpha value is -1.51. The SMILES string of the molecule is CCOC(=O)N1C=CC=C2CCC3CCCC3=C21. The normalized spacial score (nSPS) is 25.7. The molecule has 0 aromatic heterocycles. The topological polar surface area (TPSA) is 29.5 Å². The highest BCUT2D eigenvalue weighted by Gasteiger charge is 2.34. The van der Waals surface area contributed by atoms with E-state index in [1.165, 1.54) is 30.4 Å². The van der Waals surface area contributed by atoms with Crippen LogP contribution in [-0.4, -0.2) is 17.6 Å². The van der Waals surface area contributed by atoms with E-state index in [4.69, 9.17) is 4.74 Å². The molecule has 0 saturated heterocycles. The standard InChI is InChI=1S/C15H19NO2/c1-2-18-15(17)16-10-4-6-12-9-8-11-5-3-7-13(11)14(12)16/h4,6,10-11H,2-3,5,7-9H2,1H3. The molecule has 1 fully saturated rings. The Bertz CT molecular complexity index is 459. The van der Waals surface area contributed by atoms with Gasteiger partial charge in [0.25, 0.3) is 0 Å². The molecule has 0 radical (unpaired) electrons. The molecule has 1 heterocycles. The molecule has 0 spiro atoms. The average Bonchev–Trinajstić information content (AvgIpc) is 2.86. The summed E-state index contributed by atoms with van der Waals surface area (Å²) in [6.07, 6.45) is 11.7. The molecule has 18 heavy (non-hydrogen) atoms. The Morgan fingerprint density at radius 1 is 1.44 bits per heavy atom. The number of carbonyl (C=O) groups is 1. The zero-order chi connectivity index (χ0) is 12.5. The highest BCUT2D eigenvalue weighted by molar-refractivity contribution is 5.74. The van der Waals surface area contributed by atoms with Crippen LogP contribution in [0.1, 0.15) is 39.0 Å². The van der Waals surface area contributed by atoms with Gasteiger partial charge >= 0.3 is 6.09 Å². The molecule has 1 aliphatic heterocycles. The molecule has 3 rings (SSSR count). The first kappa shape index (κ1) is 11.6. The number of hydrogen-bond donors (Lipinski definition) is 0. The maximum atomic E-state index is 12.0. The van der Waals surface area contributed by atoms with E-state index in [1.54, 1.807) is 4.90 Å². The maximum Gasteiger partial charge on any atom is 0.418 e. The van der Waals surface area contributed by atoms with E-state index >= 15 is 0 Å². The van der Waals surface area contributed by atoms with E-state index in [0.717, 1.165) is 18.5 Å². The highest BCUT2D eigenvalue weighted by atomic mass is 16.6. The molecule has 1 saturated carbocycles. The van der Waals surface area contributed by atoms with Gasteiger partial charge in [-0.15, -0.1) is 0 Å². The molecule has 1 atom stereocenters. The van der Waals surface area contributed by atoms with Crippen molar-refractivity contribution in [3.8, 4) is 0 Å². The molecule has 1 amide bonds. The van der Waals surface area contributed by atoms with Crippen molar-refractivity contribution in [3.63, 3.8) is 0 Å². The lowest BCUT2D eigenvalue weighted by atomic mass is 9.83. The minimum absolute atomic E-state index is 0.241. The Morgan fingerprint density at radius 2 is 2.33 bits per heavy atom. The van der Waals surface area contributed by atoms with Crippen LogP contribution < -0.4 is 0 Å². The number of nitrogens with zero attached hydrogens (tertiary/aromatic N) is 1. The monoisotopic (exact) mass is 245 g/mol. The summed E-state index contributed by atoms with van der Waals surface area (Å²) in [5.74, 6) is 0.695. The van der Waals surface area contributed by atoms with Crippen molar-refractivity contribution >= 4 is 6.09 Å². The molecular weight excluding hydrogens is 226 g/mol. The first-order valence-corrected chi connectivity index (χ1v) is 6.88. The van der Waals surface area contributed by atoms with Gasteiger partial charge in [-0.2, -0.15) is 0 Å². The predicted octanol–water partition coefficient (Wildman–Crippen LogP) is 3.75. The van der Waals surface area contributed by atoms with Crippen molar-refractivity contribution in [2.24, 2.45) is 5.92 Å². The smallest absolute Gasteiger partial charge is 0.418 e. The van der Waals surface area contributed by atoms with Gasteiger partial charge in [0.1, 0.15) is 0 Å². The summed E-state index contributed by atoms with van der Waals surface area (Å²) in [4.78, 5) is 13.7. The van der Waals surface area contributed by atoms with Gasteiger partial charge in [-0.1, -0.05) is 6.08 Å². The zero-order valence-electron chi connectivity index (χ0n) is 10.8. The molecule has 0 bridgehead atoms. The molecule has 0 N–H and O–H groups in total. The van der Waals surface area contributed by atoms with E-state index in [2.05, 4.69) is 6.08 Å². The minimum atomic E-state index is -0.241. The molecule has 3 nitrogen and oxygen atoms in total. The molecule has 0 aromatic carbocycles. The van der Waals surface area contributed by atoms with Gasteiger partial charge in [-0.25, -0.2) is 4.79 Å². The van der Waals surface area contributed by atoms with Crippen molar-refractivity contribution < 1.29 is 9.53 Å². The molecule has 96 valence electrons. The van der Waals surface area contributed by atoms with Crippen LogP contribution in [0.5, 0.6) is 0 Å². The number of amides is 1. The number of ether oxygens (including phenoxy) is 1. The molecular formula is C15H19NO2. The highest BCUT2D eigenvalue weighted by Crippen LogP contribution is 2.45. The van der Waals surface area contributed by atoms with Crippen LogP contribution in [-0.2, 0) is 4.74 Å². The Labute approximate surface area is 108 Å². The third-order valence-corrected chi connectivity index (χ3v) is 4.10. The van der Waals surface area contributed by atoms with Crippen molar-refractivity contribution in [2.45, 2.75) is 39.0 Å². The van der Waals surface area contributed by atoms with Crippen LogP contribution in [0.4, 0.5) is 4.79 Å². The lowest BCUT2D eigenvalue weighted by molar-refractivity contribution is 0.130. The Balaban J connectivity index is 1.99. The molecule has 3 heteroatoms. The summed E-state index contributed by atoms with van der Waals surface area (Å²) in [5, 5.41) is 0. The van der Waals surface area contributed by atoms with Gasteiger partial charge in [0.05, 0.1) is 12.3 Å². The third kappa shape index (κ3) is 1.78. The summed E-state index contributed by atoms with van der Waals surface area (Å²) in [6, 6.07) is 0. The Kier molecular flexibility index (Phi) is 2.98. The van der Waals surface area contributed by atoms with E-state index in [1.807, 2.05) is 19.2 Å². The molecule has 3 aliphatic rings. The summed E-state index contributed by atoms with van der Waals surface area (Å²) >= 11 is 0. The number of rotatable bonds is 1. The fourth-order valence-corrected chi connectivity index (χ4v) is 3.34. The van der Waals surface area contributed by atoms with Crippen molar-refractivity contribution in [2.75, 3.05) is 6.61 Å². The molecule has 2 aliphatic carbocycles. The summed E-state index contributed by atoms with van der Waals surface area (Å²) in [5.41, 5.74) is 3.92. The van der Waals surface area contributed by atoms with Gasteiger partial charge in [0.15, 0.2) is 0 Å². The fourth-order valence-electron chi connectivity index (χ4n) is 3.34. The van der Waals surface area contributed by atoms with Crippen LogP contribution in [0.2, 0.25) is 0 Å². The van der Waals surface area contributed by atoms with Crippen molar-refractivity contribution in [1.82, 2.24) is 4.90 Å². The van der Waals surface area contributed by atoms with Crippen LogP contribution in [0, 0.1) is 5.92 Å². The van der Waals surface area contributed by atoms with Crippen molar-refractivity contribution in [1.29, 1.82) is 0 Å². The lowest BCUT2D eigenvalue weighted by Crippen LogP contribution is -2.31. The summed E-state index contributed by atoms with van der Waals surface area (Å²) in [7, 11) is 0. The van der Waals surface area contributed by atoms with E-state index in [0.29, 0.717) is 12.5 Å². The first-order chi connectivity index (χ1) is 8.81. The summed E-state index contributed by atoms with van der Waals surface area (Å²) in [6.45, 7) is 2.27. The van der Waals surface area contributed by atoms with E-state index < -0.39 is 0 Å². The Morgan fingerprint density at radius 3 is 3.17 bits per heavy atom. The lowest BCUT2D eigenvalue weighted by Gasteiger charge is -2.33. The maximum absolute atomic E-state index is 12.0. The number of hydrogen-bond acceptors (Lipinski definition) is 2. The third-order valence-electron chi connectivity index (χ3n) is 4.10. The van der Waals surface area contributed by atoms with E-state index in [9.17, 15) is 4.79 Å². The van der Waals surface area contributed by atoms with Crippen LogP contribution in [0.15, 0.2) is 35.2 Å². The molecule has 0 aromatic rings. The van der Waals surface area contributed by atoms with E-state index in [-0.39, 0.29) is 6.09 Å². The first-order valence-electron chi connectivity index (χ1n) is 6.88. The zero-order valence-corrected chi connectivity index (χ0v) is 10.8. The second kappa shape index (κ2) is 4.63. The van der Waals surface area contributed by atoms with Gasteiger partial charge in [-0.05, 0) is 62.2 Å². The number of fused-ring (bicyclic) bond motifs is 2. The number of allylic oxidation sites excluding steroid dienone is 4. The van der Waals surface area contributed by atoms with Gasteiger partial charge < -0.3 is 4.74 Å². The minimum Gasteiger partial charge on any atom is -0.449 e. The average molecular weight is 245 g/mol. The van der Waals surface area contributed by atoms with Gasteiger partial charge in [0, 0.05) is 6.20 Å². The molecule has 1 unspecified atom stereocenters. The second-order valence-corrected chi connectivity index (χ2v) is 5.10. The van der Waals surface area contributed by atoms with Crippen LogP contribution in [0.25, 0.3) is 0 Å².